The van der Waals surface area contributed by atoms with Gasteiger partial charge in [-0.3, -0.25) is 0 Å². The van der Waals surface area contributed by atoms with Gasteiger partial charge in [0.25, 0.3) is 0 Å². The van der Waals surface area contributed by atoms with Gasteiger partial charge in [-0.15, -0.1) is 0 Å². The van der Waals surface area contributed by atoms with E-state index in [4.69, 9.17) is 9.47 Å². The van der Waals surface area contributed by atoms with Crippen molar-refractivity contribution in [2.45, 2.75) is 13.0 Å². The summed E-state index contributed by atoms with van der Waals surface area (Å²) in [5.41, 5.74) is 1.34. The average Bonchev–Trinajstić information content (AvgIpc) is 2.76. The molecule has 0 amide bonds. The van der Waals surface area contributed by atoms with E-state index in [1.807, 2.05) is 0 Å². The molecule has 0 aliphatic rings. The van der Waals surface area contributed by atoms with Gasteiger partial charge in [0.2, 0.25) is 0 Å². The number of rotatable bonds is 8. The van der Waals surface area contributed by atoms with E-state index in [-0.39, 0.29) is 0 Å². The third kappa shape index (κ3) is 5.28. The Balaban J connectivity index is 2.00. The van der Waals surface area contributed by atoms with Crippen molar-refractivity contribution >= 4 is 11.3 Å². The molecule has 0 aromatic carbocycles. The van der Waals surface area contributed by atoms with Crippen LogP contribution in [0.2, 0.25) is 0 Å². The van der Waals surface area contributed by atoms with Gasteiger partial charge in [0.1, 0.15) is 0 Å². The molecule has 0 bridgehead atoms. The van der Waals surface area contributed by atoms with Crippen molar-refractivity contribution in [2.24, 2.45) is 0 Å². The van der Waals surface area contributed by atoms with Gasteiger partial charge in [0.15, 0.2) is 0 Å². The van der Waals surface area contributed by atoms with E-state index in [2.05, 4.69) is 29.1 Å². The van der Waals surface area contributed by atoms with Gasteiger partial charge < -0.3 is 14.8 Å². The van der Waals surface area contributed by atoms with Crippen LogP contribution in [0.3, 0.4) is 0 Å². The molecule has 4 heteroatoms. The summed E-state index contributed by atoms with van der Waals surface area (Å²) < 4.78 is 10.2. The Hall–Kier alpha value is -0.420. The summed E-state index contributed by atoms with van der Waals surface area (Å²) >= 11 is 1.73. The first-order chi connectivity index (χ1) is 7.34. The van der Waals surface area contributed by atoms with Crippen LogP contribution in [0.25, 0.3) is 0 Å². The van der Waals surface area contributed by atoms with Gasteiger partial charge in [-0.05, 0) is 29.3 Å². The molecule has 3 nitrogen and oxygen atoms in total. The topological polar surface area (TPSA) is 30.5 Å². The molecule has 15 heavy (non-hydrogen) atoms. The van der Waals surface area contributed by atoms with Crippen LogP contribution in [-0.4, -0.2) is 33.5 Å². The van der Waals surface area contributed by atoms with E-state index >= 15 is 0 Å². The van der Waals surface area contributed by atoms with Gasteiger partial charge in [0, 0.05) is 19.7 Å². The van der Waals surface area contributed by atoms with E-state index < -0.39 is 0 Å². The van der Waals surface area contributed by atoms with E-state index in [0.717, 1.165) is 13.2 Å². The van der Waals surface area contributed by atoms with Crippen LogP contribution in [0.5, 0.6) is 0 Å². The Kier molecular flexibility index (Phi) is 6.59. The predicted molar refractivity (Wildman–Crippen MR) is 63.4 cm³/mol. The van der Waals surface area contributed by atoms with Crippen LogP contribution < -0.4 is 5.32 Å². The smallest absolute Gasteiger partial charge is 0.0700 e. The molecule has 0 aliphatic carbocycles. The number of hydrogen-bond donors (Lipinski definition) is 1. The van der Waals surface area contributed by atoms with Crippen LogP contribution in [0.4, 0.5) is 0 Å². The molecule has 0 saturated heterocycles. The summed E-state index contributed by atoms with van der Waals surface area (Å²) in [4.78, 5) is 0. The van der Waals surface area contributed by atoms with Crippen molar-refractivity contribution in [1.29, 1.82) is 0 Å². The van der Waals surface area contributed by atoms with Crippen molar-refractivity contribution < 1.29 is 9.47 Å². The zero-order valence-corrected chi connectivity index (χ0v) is 10.2. The highest BCUT2D eigenvalue weighted by Crippen LogP contribution is 2.14. The predicted octanol–water partition coefficient (Wildman–Crippen LogP) is 2.06. The minimum absolute atomic E-state index is 0.405. The monoisotopic (exact) mass is 229 g/mol. The minimum atomic E-state index is 0.405. The summed E-state index contributed by atoms with van der Waals surface area (Å²) in [6.07, 6.45) is 0. The third-order valence-corrected chi connectivity index (χ3v) is 2.87. The lowest BCUT2D eigenvalue weighted by Gasteiger charge is -2.12. The fourth-order valence-corrected chi connectivity index (χ4v) is 1.99. The van der Waals surface area contributed by atoms with Crippen LogP contribution in [0.15, 0.2) is 16.8 Å². The van der Waals surface area contributed by atoms with Crippen LogP contribution in [0, 0.1) is 0 Å². The van der Waals surface area contributed by atoms with Gasteiger partial charge >= 0.3 is 0 Å². The number of thiophene rings is 1. The second-order valence-corrected chi connectivity index (χ2v) is 4.12. The van der Waals surface area contributed by atoms with Crippen molar-refractivity contribution in [2.75, 3.05) is 33.5 Å². The van der Waals surface area contributed by atoms with Gasteiger partial charge in [-0.1, -0.05) is 0 Å². The molecule has 1 unspecified atom stereocenters. The Morgan fingerprint density at radius 3 is 2.93 bits per heavy atom. The summed E-state index contributed by atoms with van der Waals surface area (Å²) in [6, 6.07) is 2.55. The first-order valence-electron chi connectivity index (χ1n) is 5.16. The summed E-state index contributed by atoms with van der Waals surface area (Å²) in [5.74, 6) is 0. The largest absolute Gasteiger partial charge is 0.382 e. The molecule has 1 aromatic heterocycles. The second kappa shape index (κ2) is 7.82. The number of ether oxygens (including phenoxy) is 2. The maximum atomic E-state index is 5.36. The van der Waals surface area contributed by atoms with Gasteiger partial charge in [-0.2, -0.15) is 11.3 Å². The number of methoxy groups -OCH3 is 1. The maximum Gasteiger partial charge on any atom is 0.0700 e. The zero-order valence-electron chi connectivity index (χ0n) is 9.36. The van der Waals surface area contributed by atoms with Crippen molar-refractivity contribution in [3.05, 3.63) is 22.4 Å². The Morgan fingerprint density at radius 2 is 2.27 bits per heavy atom. The third-order valence-electron chi connectivity index (χ3n) is 2.17. The van der Waals surface area contributed by atoms with Crippen molar-refractivity contribution in [1.82, 2.24) is 5.32 Å². The first-order valence-corrected chi connectivity index (χ1v) is 6.11. The fraction of sp³-hybridized carbons (Fsp3) is 0.636. The average molecular weight is 229 g/mol. The van der Waals surface area contributed by atoms with Crippen LogP contribution >= 0.6 is 11.3 Å². The first kappa shape index (κ1) is 12.6. The minimum Gasteiger partial charge on any atom is -0.382 e. The lowest BCUT2D eigenvalue weighted by Crippen LogP contribution is -2.23. The molecule has 1 aromatic rings. The van der Waals surface area contributed by atoms with Crippen molar-refractivity contribution in [3.8, 4) is 0 Å². The number of hydrogen-bond acceptors (Lipinski definition) is 4. The molecule has 1 N–H and O–H groups in total. The van der Waals surface area contributed by atoms with E-state index in [1.54, 1.807) is 18.4 Å². The van der Waals surface area contributed by atoms with Crippen LogP contribution in [-0.2, 0) is 9.47 Å². The SMILES string of the molecule is COCCOCCNC(C)c1ccsc1. The van der Waals surface area contributed by atoms with E-state index in [9.17, 15) is 0 Å². The fourth-order valence-electron chi connectivity index (χ4n) is 1.23. The maximum absolute atomic E-state index is 5.36. The Labute approximate surface area is 95.4 Å². The standard InChI is InChI=1S/C11H19NO2S/c1-10(11-3-8-15-9-11)12-4-5-14-7-6-13-2/h3,8-10,12H,4-7H2,1-2H3. The highest BCUT2D eigenvalue weighted by molar-refractivity contribution is 7.07. The molecule has 0 radical (unpaired) electrons. The lowest BCUT2D eigenvalue weighted by atomic mass is 10.2. The van der Waals surface area contributed by atoms with Gasteiger partial charge in [0.05, 0.1) is 19.8 Å². The van der Waals surface area contributed by atoms with E-state index in [0.29, 0.717) is 19.3 Å². The second-order valence-electron chi connectivity index (χ2n) is 3.34. The molecule has 1 heterocycles. The molecule has 1 atom stereocenters. The molecule has 0 spiro atoms. The molecular weight excluding hydrogens is 210 g/mol. The van der Waals surface area contributed by atoms with Crippen molar-refractivity contribution in [3.63, 3.8) is 0 Å². The molecule has 1 rings (SSSR count). The quantitative estimate of drug-likeness (QED) is 0.692. The Morgan fingerprint density at radius 1 is 1.40 bits per heavy atom. The normalized spacial score (nSPS) is 12.9. The highest BCUT2D eigenvalue weighted by atomic mass is 32.1. The Bertz CT molecular complexity index is 239. The van der Waals surface area contributed by atoms with Gasteiger partial charge in [-0.25, -0.2) is 0 Å². The highest BCUT2D eigenvalue weighted by Gasteiger charge is 2.03. The molecule has 86 valence electrons. The van der Waals surface area contributed by atoms with E-state index in [1.165, 1.54) is 5.56 Å². The molecule has 0 saturated carbocycles. The summed E-state index contributed by atoms with van der Waals surface area (Å²) in [5, 5.41) is 7.67. The zero-order chi connectivity index (χ0) is 10.9. The number of nitrogens with one attached hydrogen (secondary N) is 1. The molecular formula is C11H19NO2S. The molecule has 0 aliphatic heterocycles. The summed E-state index contributed by atoms with van der Waals surface area (Å²) in [6.45, 7) is 5.11. The van der Waals surface area contributed by atoms with Crippen LogP contribution in [0.1, 0.15) is 18.5 Å². The lowest BCUT2D eigenvalue weighted by molar-refractivity contribution is 0.0712. The molecule has 0 fully saturated rings. The summed E-state index contributed by atoms with van der Waals surface area (Å²) in [7, 11) is 1.68.